The molecule has 0 radical (unpaired) electrons. The third-order valence-electron chi connectivity index (χ3n) is 5.56. The van der Waals surface area contributed by atoms with Crippen molar-refractivity contribution in [3.05, 3.63) is 22.6 Å². The van der Waals surface area contributed by atoms with Gasteiger partial charge in [0, 0.05) is 37.8 Å². The van der Waals surface area contributed by atoms with Crippen LogP contribution in [-0.2, 0) is 0 Å². The average Bonchev–Trinajstić information content (AvgIpc) is 2.87. The van der Waals surface area contributed by atoms with E-state index in [1.54, 1.807) is 0 Å². The highest BCUT2D eigenvalue weighted by Gasteiger charge is 2.29. The van der Waals surface area contributed by atoms with Crippen LogP contribution < -0.4 is 5.32 Å². The maximum Gasteiger partial charge on any atom is 0.317 e. The first-order valence-electron chi connectivity index (χ1n) is 9.38. The second-order valence-electron chi connectivity index (χ2n) is 7.28. The molecule has 1 N–H and O–H groups in total. The fourth-order valence-corrected chi connectivity index (χ4v) is 3.89. The number of furan rings is 1. The van der Waals surface area contributed by atoms with Crippen LogP contribution in [0.4, 0.5) is 4.79 Å². The zero-order chi connectivity index (χ0) is 18.0. The summed E-state index contributed by atoms with van der Waals surface area (Å²) in [6.45, 7) is 7.94. The number of nitrogens with zero attached hydrogens (tertiary/aromatic N) is 2. The van der Waals surface area contributed by atoms with Crippen LogP contribution in [0, 0.1) is 20.8 Å². The number of hydrogen-bond acceptors (Lipinski definition) is 3. The van der Waals surface area contributed by atoms with Gasteiger partial charge >= 0.3 is 6.03 Å². The van der Waals surface area contributed by atoms with Crippen LogP contribution in [0.15, 0.2) is 4.42 Å². The molecule has 1 saturated heterocycles. The lowest BCUT2D eigenvalue weighted by Gasteiger charge is -2.36. The number of carbonyl (C=O) groups excluding carboxylic acids is 2. The largest absolute Gasteiger partial charge is 0.466 e. The molecule has 138 valence electrons. The fraction of sp³-hybridized carbons (Fsp3) is 0.684. The standard InChI is InChI=1S/C19H29N3O3/c1-13-14(2)25-15(3)17(13)18(23)21-9-11-22(12-10-21)19(24)20-16-7-5-4-6-8-16/h16H,4-12H2,1-3H3,(H,20,24). The normalized spacial score (nSPS) is 19.2. The van der Waals surface area contributed by atoms with Crippen molar-refractivity contribution in [2.75, 3.05) is 26.2 Å². The summed E-state index contributed by atoms with van der Waals surface area (Å²) in [6.07, 6.45) is 5.86. The summed E-state index contributed by atoms with van der Waals surface area (Å²) in [5.74, 6) is 1.49. The Balaban J connectivity index is 1.54. The summed E-state index contributed by atoms with van der Waals surface area (Å²) >= 11 is 0. The van der Waals surface area contributed by atoms with E-state index in [0.29, 0.717) is 43.5 Å². The van der Waals surface area contributed by atoms with E-state index in [2.05, 4.69) is 5.32 Å². The lowest BCUT2D eigenvalue weighted by atomic mass is 9.96. The third-order valence-corrected chi connectivity index (χ3v) is 5.56. The minimum absolute atomic E-state index is 0.0131. The molecule has 6 heteroatoms. The molecule has 0 unspecified atom stereocenters. The Labute approximate surface area is 149 Å². The van der Waals surface area contributed by atoms with Gasteiger partial charge in [0.1, 0.15) is 11.5 Å². The zero-order valence-electron chi connectivity index (χ0n) is 15.6. The predicted molar refractivity (Wildman–Crippen MR) is 95.8 cm³/mol. The van der Waals surface area contributed by atoms with Gasteiger partial charge in [0.25, 0.3) is 5.91 Å². The van der Waals surface area contributed by atoms with E-state index in [9.17, 15) is 9.59 Å². The Morgan fingerprint density at radius 1 is 0.920 bits per heavy atom. The minimum Gasteiger partial charge on any atom is -0.466 e. The maximum atomic E-state index is 12.8. The van der Waals surface area contributed by atoms with Crippen LogP contribution in [0.5, 0.6) is 0 Å². The molecule has 0 atom stereocenters. The van der Waals surface area contributed by atoms with Crippen molar-refractivity contribution in [1.82, 2.24) is 15.1 Å². The average molecular weight is 347 g/mol. The summed E-state index contributed by atoms with van der Waals surface area (Å²) in [7, 11) is 0. The molecule has 1 aliphatic heterocycles. The molecule has 6 nitrogen and oxygen atoms in total. The minimum atomic E-state index is 0.0131. The molecule has 1 aromatic heterocycles. The number of urea groups is 1. The number of rotatable bonds is 2. The van der Waals surface area contributed by atoms with Gasteiger partial charge in [0.15, 0.2) is 0 Å². The van der Waals surface area contributed by atoms with Crippen molar-refractivity contribution >= 4 is 11.9 Å². The van der Waals surface area contributed by atoms with Gasteiger partial charge in [-0.1, -0.05) is 19.3 Å². The molecule has 1 aliphatic carbocycles. The Bertz CT molecular complexity index is 639. The third kappa shape index (κ3) is 3.83. The van der Waals surface area contributed by atoms with E-state index >= 15 is 0 Å². The Hall–Kier alpha value is -1.98. The van der Waals surface area contributed by atoms with Crippen molar-refractivity contribution in [2.24, 2.45) is 0 Å². The van der Waals surface area contributed by atoms with Crippen LogP contribution in [0.25, 0.3) is 0 Å². The second-order valence-corrected chi connectivity index (χ2v) is 7.28. The van der Waals surface area contributed by atoms with Crippen LogP contribution in [0.1, 0.15) is 59.5 Å². The number of carbonyl (C=O) groups is 2. The van der Waals surface area contributed by atoms with Crippen molar-refractivity contribution in [1.29, 1.82) is 0 Å². The molecule has 1 saturated carbocycles. The van der Waals surface area contributed by atoms with Crippen LogP contribution in [0.2, 0.25) is 0 Å². The molecule has 2 heterocycles. The van der Waals surface area contributed by atoms with E-state index in [0.717, 1.165) is 24.2 Å². The molecule has 2 aliphatic rings. The topological polar surface area (TPSA) is 65.8 Å². The number of hydrogen-bond donors (Lipinski definition) is 1. The van der Waals surface area contributed by atoms with E-state index in [1.807, 2.05) is 30.6 Å². The summed E-state index contributed by atoms with van der Waals surface area (Å²) in [6, 6.07) is 0.339. The van der Waals surface area contributed by atoms with Gasteiger partial charge in [0.2, 0.25) is 0 Å². The zero-order valence-corrected chi connectivity index (χ0v) is 15.6. The summed E-state index contributed by atoms with van der Waals surface area (Å²) < 4.78 is 5.58. The fourth-order valence-electron chi connectivity index (χ4n) is 3.89. The SMILES string of the molecule is Cc1oc(C)c(C(=O)N2CCN(C(=O)NC3CCCCC3)CC2)c1C. The molecule has 25 heavy (non-hydrogen) atoms. The van der Waals surface area contributed by atoms with E-state index < -0.39 is 0 Å². The number of nitrogens with one attached hydrogen (secondary N) is 1. The van der Waals surface area contributed by atoms with Gasteiger partial charge in [-0.15, -0.1) is 0 Å². The molecule has 1 aromatic rings. The molecule has 2 fully saturated rings. The highest BCUT2D eigenvalue weighted by molar-refractivity contribution is 5.97. The lowest BCUT2D eigenvalue weighted by Crippen LogP contribution is -2.54. The maximum absolute atomic E-state index is 12.8. The number of piperazine rings is 1. The van der Waals surface area contributed by atoms with Gasteiger partial charge in [-0.05, 0) is 33.6 Å². The molecule has 0 aromatic carbocycles. The first-order chi connectivity index (χ1) is 12.0. The Kier molecular flexibility index (Phi) is 5.35. The second kappa shape index (κ2) is 7.50. The Morgan fingerprint density at radius 2 is 1.52 bits per heavy atom. The van der Waals surface area contributed by atoms with Crippen LogP contribution in [-0.4, -0.2) is 54.0 Å². The summed E-state index contributed by atoms with van der Waals surface area (Å²) in [4.78, 5) is 28.9. The van der Waals surface area contributed by atoms with Crippen LogP contribution in [0.3, 0.4) is 0 Å². The highest BCUT2D eigenvalue weighted by atomic mass is 16.3. The first-order valence-corrected chi connectivity index (χ1v) is 9.38. The van der Waals surface area contributed by atoms with E-state index in [-0.39, 0.29) is 11.9 Å². The van der Waals surface area contributed by atoms with E-state index in [4.69, 9.17) is 4.42 Å². The van der Waals surface area contributed by atoms with Gasteiger partial charge in [-0.25, -0.2) is 4.79 Å². The van der Waals surface area contributed by atoms with Gasteiger partial charge in [0.05, 0.1) is 5.56 Å². The summed E-state index contributed by atoms with van der Waals surface area (Å²) in [5, 5.41) is 3.15. The smallest absolute Gasteiger partial charge is 0.317 e. The highest BCUT2D eigenvalue weighted by Crippen LogP contribution is 2.23. The van der Waals surface area contributed by atoms with Crippen molar-refractivity contribution < 1.29 is 14.0 Å². The van der Waals surface area contributed by atoms with E-state index in [1.165, 1.54) is 19.3 Å². The number of aryl methyl sites for hydroxylation is 2. The molecule has 0 bridgehead atoms. The van der Waals surface area contributed by atoms with Gasteiger partial charge < -0.3 is 19.5 Å². The first kappa shape index (κ1) is 17.8. The molecule has 0 spiro atoms. The van der Waals surface area contributed by atoms with Crippen molar-refractivity contribution in [3.63, 3.8) is 0 Å². The lowest BCUT2D eigenvalue weighted by molar-refractivity contribution is 0.0660. The van der Waals surface area contributed by atoms with Gasteiger partial charge in [-0.2, -0.15) is 0 Å². The monoisotopic (exact) mass is 347 g/mol. The van der Waals surface area contributed by atoms with Crippen molar-refractivity contribution in [2.45, 2.75) is 58.9 Å². The number of amides is 3. The van der Waals surface area contributed by atoms with Crippen LogP contribution >= 0.6 is 0 Å². The van der Waals surface area contributed by atoms with Gasteiger partial charge in [-0.3, -0.25) is 4.79 Å². The predicted octanol–water partition coefficient (Wildman–Crippen LogP) is 3.00. The quantitative estimate of drug-likeness (QED) is 0.894. The van der Waals surface area contributed by atoms with Crippen molar-refractivity contribution in [3.8, 4) is 0 Å². The summed E-state index contributed by atoms with van der Waals surface area (Å²) in [5.41, 5.74) is 1.59. The Morgan fingerprint density at radius 3 is 2.08 bits per heavy atom. The molecular weight excluding hydrogens is 318 g/mol. The molecule has 3 amide bonds. The molecule has 3 rings (SSSR count). The molecular formula is C19H29N3O3.